The van der Waals surface area contributed by atoms with E-state index in [0.717, 1.165) is 0 Å². The molecule has 0 radical (unpaired) electrons. The minimum atomic E-state index is -1.04. The first-order valence-corrected chi connectivity index (χ1v) is 6.59. The first kappa shape index (κ1) is 16.7. The number of carboxylic acid groups (broad SMARTS) is 1. The third kappa shape index (κ3) is 6.07. The summed E-state index contributed by atoms with van der Waals surface area (Å²) in [7, 11) is 1.45. The minimum absolute atomic E-state index is 0.0362. The number of Topliss-reactive ketones (excluding diaryl/α,β-unsaturated/α-hetero) is 1. The van der Waals surface area contributed by atoms with Gasteiger partial charge in [-0.15, -0.1) is 0 Å². The molecule has 0 aliphatic heterocycles. The van der Waals surface area contributed by atoms with E-state index >= 15 is 0 Å². The zero-order chi connectivity index (χ0) is 15.8. The van der Waals surface area contributed by atoms with Crippen LogP contribution in [-0.2, 0) is 9.59 Å². The van der Waals surface area contributed by atoms with Gasteiger partial charge in [0.05, 0.1) is 6.61 Å². The van der Waals surface area contributed by atoms with E-state index in [1.54, 1.807) is 24.3 Å². The Kier molecular flexibility index (Phi) is 6.39. The number of hydrogen-bond donors (Lipinski definition) is 1. The molecule has 0 aliphatic carbocycles. The molecule has 0 aliphatic rings. The molecule has 0 heterocycles. The van der Waals surface area contributed by atoms with Crippen molar-refractivity contribution in [3.8, 4) is 5.75 Å². The summed E-state index contributed by atoms with van der Waals surface area (Å²) in [5, 5.41) is 8.58. The van der Waals surface area contributed by atoms with Crippen molar-refractivity contribution in [3.63, 3.8) is 0 Å². The number of ketones is 1. The second-order valence-corrected chi connectivity index (χ2v) is 4.68. The van der Waals surface area contributed by atoms with Gasteiger partial charge in [0.2, 0.25) is 5.91 Å². The van der Waals surface area contributed by atoms with Crippen LogP contribution in [-0.4, -0.2) is 47.9 Å². The Hall–Kier alpha value is -2.37. The largest absolute Gasteiger partial charge is 0.494 e. The molecule has 0 saturated carbocycles. The highest BCUT2D eigenvalue weighted by Crippen LogP contribution is 2.14. The van der Waals surface area contributed by atoms with Crippen molar-refractivity contribution < 1.29 is 24.2 Å². The van der Waals surface area contributed by atoms with Crippen LogP contribution in [0.1, 0.15) is 30.1 Å². The molecule has 1 rings (SSSR count). The third-order valence-corrected chi connectivity index (χ3v) is 2.84. The number of hydrogen-bond acceptors (Lipinski definition) is 4. The fourth-order valence-corrected chi connectivity index (χ4v) is 1.70. The summed E-state index contributed by atoms with van der Waals surface area (Å²) in [6.07, 6.45) is 0.698. The first-order chi connectivity index (χ1) is 9.90. The predicted octanol–water partition coefficient (Wildman–Crippen LogP) is 1.59. The van der Waals surface area contributed by atoms with Crippen LogP contribution in [0.25, 0.3) is 0 Å². The smallest absolute Gasteiger partial charge is 0.323 e. The molecule has 1 amide bonds. The summed E-state index contributed by atoms with van der Waals surface area (Å²) >= 11 is 0. The van der Waals surface area contributed by atoms with Gasteiger partial charge in [-0.2, -0.15) is 0 Å². The highest BCUT2D eigenvalue weighted by atomic mass is 16.5. The van der Waals surface area contributed by atoms with E-state index in [1.807, 2.05) is 0 Å². The monoisotopic (exact) mass is 293 g/mol. The van der Waals surface area contributed by atoms with E-state index in [4.69, 9.17) is 9.84 Å². The number of ether oxygens (including phenoxy) is 1. The van der Waals surface area contributed by atoms with Crippen molar-refractivity contribution in [2.24, 2.45) is 0 Å². The Morgan fingerprint density at radius 2 is 2.00 bits per heavy atom. The number of amides is 1. The molecule has 6 heteroatoms. The molecule has 1 aromatic carbocycles. The fraction of sp³-hybridized carbons (Fsp3) is 0.400. The maximum atomic E-state index is 11.6. The predicted molar refractivity (Wildman–Crippen MR) is 76.4 cm³/mol. The van der Waals surface area contributed by atoms with Crippen LogP contribution in [0, 0.1) is 0 Å². The van der Waals surface area contributed by atoms with Crippen LogP contribution in [0.3, 0.4) is 0 Å². The van der Waals surface area contributed by atoms with Crippen molar-refractivity contribution in [1.82, 2.24) is 4.90 Å². The maximum absolute atomic E-state index is 11.6. The van der Waals surface area contributed by atoms with E-state index < -0.39 is 5.97 Å². The van der Waals surface area contributed by atoms with Gasteiger partial charge in [0.25, 0.3) is 0 Å². The van der Waals surface area contributed by atoms with Gasteiger partial charge in [-0.1, -0.05) is 12.1 Å². The van der Waals surface area contributed by atoms with Gasteiger partial charge in [-0.25, -0.2) is 0 Å². The van der Waals surface area contributed by atoms with Crippen molar-refractivity contribution in [3.05, 3.63) is 29.8 Å². The summed E-state index contributed by atoms with van der Waals surface area (Å²) in [5.74, 6) is -0.735. The molecular formula is C15H19NO5. The van der Waals surface area contributed by atoms with E-state index in [0.29, 0.717) is 24.3 Å². The molecule has 6 nitrogen and oxygen atoms in total. The van der Waals surface area contributed by atoms with Crippen LogP contribution >= 0.6 is 0 Å². The van der Waals surface area contributed by atoms with Gasteiger partial charge in [-0.05, 0) is 25.5 Å². The Morgan fingerprint density at radius 1 is 1.29 bits per heavy atom. The second kappa shape index (κ2) is 8.04. The Morgan fingerprint density at radius 3 is 2.62 bits per heavy atom. The average molecular weight is 293 g/mol. The molecule has 114 valence electrons. The van der Waals surface area contributed by atoms with Crippen LogP contribution in [0.15, 0.2) is 24.3 Å². The number of likely N-dealkylation sites (N-methyl/N-ethyl adjacent to an activating group) is 1. The lowest BCUT2D eigenvalue weighted by Gasteiger charge is -2.14. The number of benzene rings is 1. The van der Waals surface area contributed by atoms with Crippen molar-refractivity contribution >= 4 is 17.7 Å². The van der Waals surface area contributed by atoms with Gasteiger partial charge in [-0.3, -0.25) is 14.4 Å². The molecule has 0 fully saturated rings. The van der Waals surface area contributed by atoms with Crippen LogP contribution < -0.4 is 4.74 Å². The summed E-state index contributed by atoms with van der Waals surface area (Å²) in [6, 6.07) is 6.84. The first-order valence-electron chi connectivity index (χ1n) is 6.59. The fourth-order valence-electron chi connectivity index (χ4n) is 1.70. The number of carboxylic acids is 1. The zero-order valence-electron chi connectivity index (χ0n) is 12.2. The van der Waals surface area contributed by atoms with Gasteiger partial charge in [0, 0.05) is 19.0 Å². The lowest BCUT2D eigenvalue weighted by molar-refractivity contribution is -0.143. The summed E-state index contributed by atoms with van der Waals surface area (Å²) < 4.78 is 5.47. The van der Waals surface area contributed by atoms with E-state index in [2.05, 4.69) is 0 Å². The SMILES string of the molecule is CC(=O)c1cccc(OCCCC(=O)N(C)CC(=O)O)c1. The Bertz CT molecular complexity index is 527. The number of rotatable bonds is 8. The zero-order valence-corrected chi connectivity index (χ0v) is 12.2. The Labute approximate surface area is 123 Å². The van der Waals surface area contributed by atoms with Crippen LogP contribution in [0.2, 0.25) is 0 Å². The maximum Gasteiger partial charge on any atom is 0.323 e. The second-order valence-electron chi connectivity index (χ2n) is 4.68. The summed E-state index contributed by atoms with van der Waals surface area (Å²) in [4.78, 5) is 34.5. The number of nitrogens with zero attached hydrogens (tertiary/aromatic N) is 1. The van der Waals surface area contributed by atoms with Gasteiger partial charge in [0.1, 0.15) is 12.3 Å². The lowest BCUT2D eigenvalue weighted by Crippen LogP contribution is -2.31. The van der Waals surface area contributed by atoms with Gasteiger partial charge >= 0.3 is 5.97 Å². The quantitative estimate of drug-likeness (QED) is 0.581. The Balaban J connectivity index is 2.34. The van der Waals surface area contributed by atoms with Crippen LogP contribution in [0.5, 0.6) is 5.75 Å². The number of carbonyl (C=O) groups is 3. The van der Waals surface area contributed by atoms with E-state index in [1.165, 1.54) is 18.9 Å². The minimum Gasteiger partial charge on any atom is -0.494 e. The molecule has 0 saturated heterocycles. The number of carbonyl (C=O) groups excluding carboxylic acids is 2. The molecule has 21 heavy (non-hydrogen) atoms. The molecule has 0 bridgehead atoms. The van der Waals surface area contributed by atoms with E-state index in [9.17, 15) is 14.4 Å². The van der Waals surface area contributed by atoms with Crippen molar-refractivity contribution in [1.29, 1.82) is 0 Å². The molecule has 1 aromatic rings. The third-order valence-electron chi connectivity index (χ3n) is 2.84. The molecular weight excluding hydrogens is 274 g/mol. The average Bonchev–Trinajstić information content (AvgIpc) is 2.42. The molecule has 1 N–H and O–H groups in total. The highest BCUT2D eigenvalue weighted by molar-refractivity contribution is 5.94. The van der Waals surface area contributed by atoms with Crippen molar-refractivity contribution in [2.45, 2.75) is 19.8 Å². The van der Waals surface area contributed by atoms with Crippen LogP contribution in [0.4, 0.5) is 0 Å². The molecule has 0 unspecified atom stereocenters. The normalized spacial score (nSPS) is 10.0. The summed E-state index contributed by atoms with van der Waals surface area (Å²) in [6.45, 7) is 1.50. The van der Waals surface area contributed by atoms with Crippen molar-refractivity contribution in [2.75, 3.05) is 20.2 Å². The van der Waals surface area contributed by atoms with Gasteiger partial charge < -0.3 is 14.7 Å². The van der Waals surface area contributed by atoms with Gasteiger partial charge in [0.15, 0.2) is 5.78 Å². The number of aliphatic carboxylic acids is 1. The highest BCUT2D eigenvalue weighted by Gasteiger charge is 2.11. The topological polar surface area (TPSA) is 83.9 Å². The molecule has 0 aromatic heterocycles. The molecule has 0 spiro atoms. The standard InChI is InChI=1S/C15H19NO5/c1-11(17)12-5-3-6-13(9-12)21-8-4-7-14(18)16(2)10-15(19)20/h3,5-6,9H,4,7-8,10H2,1-2H3,(H,19,20). The molecule has 0 atom stereocenters. The van der Waals surface area contributed by atoms with E-state index in [-0.39, 0.29) is 24.7 Å². The lowest BCUT2D eigenvalue weighted by atomic mass is 10.1. The summed E-state index contributed by atoms with van der Waals surface area (Å²) in [5.41, 5.74) is 0.574.